The number of nitrogens with one attached hydrogen (secondary N) is 1. The Morgan fingerprint density at radius 2 is 1.92 bits per heavy atom. The van der Waals surface area contributed by atoms with E-state index in [1.165, 1.54) is 10.8 Å². The summed E-state index contributed by atoms with van der Waals surface area (Å²) in [5, 5.41) is 13.1. The number of benzene rings is 1. The Labute approximate surface area is 146 Å². The Morgan fingerprint density at radius 3 is 2.69 bits per heavy atom. The summed E-state index contributed by atoms with van der Waals surface area (Å²) in [6.07, 6.45) is 4.86. The van der Waals surface area contributed by atoms with Crippen LogP contribution < -0.4 is 5.69 Å². The van der Waals surface area contributed by atoms with Crippen molar-refractivity contribution in [1.82, 2.24) is 29.0 Å². The molecule has 0 amide bonds. The van der Waals surface area contributed by atoms with Crippen LogP contribution in [-0.2, 0) is 0 Å². The van der Waals surface area contributed by atoms with Crippen molar-refractivity contribution >= 4 is 22.3 Å². The minimum atomic E-state index is -0.474. The average molecular weight is 341 g/mol. The highest BCUT2D eigenvalue weighted by Gasteiger charge is 2.21. The molecule has 0 aliphatic rings. The zero-order valence-corrected chi connectivity index (χ0v) is 13.6. The molecule has 0 spiro atoms. The van der Waals surface area contributed by atoms with E-state index < -0.39 is 5.69 Å². The normalized spacial score (nSPS) is 11.4. The van der Waals surface area contributed by atoms with Gasteiger partial charge in [0.2, 0.25) is 0 Å². The number of aromatic amines is 1. The van der Waals surface area contributed by atoms with Crippen LogP contribution in [0.1, 0.15) is 11.1 Å². The summed E-state index contributed by atoms with van der Waals surface area (Å²) in [6, 6.07) is 10.1. The largest absolute Gasteiger partial charge is 0.362 e. The van der Waals surface area contributed by atoms with Crippen molar-refractivity contribution < 1.29 is 0 Å². The molecule has 0 saturated carbocycles. The van der Waals surface area contributed by atoms with Crippen LogP contribution in [0, 0.1) is 18.3 Å². The molecule has 26 heavy (non-hydrogen) atoms. The predicted octanol–water partition coefficient (Wildman–Crippen LogP) is 2.07. The fourth-order valence-electron chi connectivity index (χ4n) is 3.29. The van der Waals surface area contributed by atoms with Crippen molar-refractivity contribution in [2.45, 2.75) is 6.92 Å². The van der Waals surface area contributed by atoms with Crippen molar-refractivity contribution in [1.29, 1.82) is 5.26 Å². The molecule has 4 heterocycles. The van der Waals surface area contributed by atoms with Crippen molar-refractivity contribution in [3.63, 3.8) is 0 Å². The van der Waals surface area contributed by atoms with Crippen LogP contribution >= 0.6 is 0 Å². The molecule has 124 valence electrons. The lowest BCUT2D eigenvalue weighted by atomic mass is 9.97. The molecule has 0 aliphatic carbocycles. The molecule has 1 aromatic carbocycles. The molecular weight excluding hydrogens is 330 g/mol. The Balaban J connectivity index is 2.12. The van der Waals surface area contributed by atoms with Crippen LogP contribution in [0.3, 0.4) is 0 Å². The lowest BCUT2D eigenvalue weighted by Gasteiger charge is -2.12. The number of fused-ring (bicyclic) bond motifs is 5. The molecule has 5 aromatic rings. The number of hydrogen-bond donors (Lipinski definition) is 1. The van der Waals surface area contributed by atoms with Crippen LogP contribution in [0.15, 0.2) is 47.8 Å². The zero-order chi connectivity index (χ0) is 17.8. The van der Waals surface area contributed by atoms with Gasteiger partial charge in [0, 0.05) is 18.0 Å². The molecule has 1 N–H and O–H groups in total. The van der Waals surface area contributed by atoms with Gasteiger partial charge in [0.15, 0.2) is 16.9 Å². The van der Waals surface area contributed by atoms with E-state index in [4.69, 9.17) is 0 Å². The van der Waals surface area contributed by atoms with Crippen molar-refractivity contribution in [2.75, 3.05) is 0 Å². The van der Waals surface area contributed by atoms with Gasteiger partial charge < -0.3 is 0 Å². The van der Waals surface area contributed by atoms with Crippen molar-refractivity contribution in [2.24, 2.45) is 0 Å². The van der Waals surface area contributed by atoms with E-state index in [0.717, 1.165) is 11.1 Å². The maximum absolute atomic E-state index is 11.8. The van der Waals surface area contributed by atoms with E-state index in [1.54, 1.807) is 16.8 Å². The predicted molar refractivity (Wildman–Crippen MR) is 94.8 cm³/mol. The van der Waals surface area contributed by atoms with Gasteiger partial charge in [0.05, 0.1) is 5.39 Å². The van der Waals surface area contributed by atoms with Gasteiger partial charge in [0.1, 0.15) is 18.0 Å². The van der Waals surface area contributed by atoms with E-state index in [9.17, 15) is 10.1 Å². The van der Waals surface area contributed by atoms with Gasteiger partial charge in [-0.2, -0.15) is 10.2 Å². The van der Waals surface area contributed by atoms with Gasteiger partial charge in [-0.25, -0.2) is 24.4 Å². The molecule has 5 rings (SSSR count). The molecule has 0 fully saturated rings. The monoisotopic (exact) mass is 341 g/mol. The SMILES string of the molecule is Cc1ccc(-c2c(C#N)c3nccn3c3ncn4[nH]c(=O)nc4c23)cc1. The zero-order valence-electron chi connectivity index (χ0n) is 13.6. The summed E-state index contributed by atoms with van der Waals surface area (Å²) in [4.78, 5) is 24.7. The number of rotatable bonds is 1. The third-order valence-corrected chi connectivity index (χ3v) is 4.44. The summed E-state index contributed by atoms with van der Waals surface area (Å²) in [5.41, 5.74) is 4.07. The second kappa shape index (κ2) is 5.00. The summed E-state index contributed by atoms with van der Waals surface area (Å²) in [6.45, 7) is 2.00. The number of nitriles is 1. The molecule has 8 nitrogen and oxygen atoms in total. The molecule has 8 heteroatoms. The average Bonchev–Trinajstić information content (AvgIpc) is 3.26. The summed E-state index contributed by atoms with van der Waals surface area (Å²) in [5.74, 6) is 0. The quantitative estimate of drug-likeness (QED) is 0.502. The number of nitrogens with zero attached hydrogens (tertiary/aromatic N) is 6. The summed E-state index contributed by atoms with van der Waals surface area (Å²) < 4.78 is 3.21. The van der Waals surface area contributed by atoms with E-state index >= 15 is 0 Å². The fraction of sp³-hybridized carbons (Fsp3) is 0.0556. The van der Waals surface area contributed by atoms with E-state index in [-0.39, 0.29) is 0 Å². The second-order valence-electron chi connectivity index (χ2n) is 6.01. The first kappa shape index (κ1) is 14.4. The lowest BCUT2D eigenvalue weighted by Crippen LogP contribution is -2.02. The van der Waals surface area contributed by atoms with Gasteiger partial charge in [-0.1, -0.05) is 29.8 Å². The molecule has 4 aromatic heterocycles. The first-order valence-electron chi connectivity index (χ1n) is 7.90. The van der Waals surface area contributed by atoms with Gasteiger partial charge in [-0.15, -0.1) is 0 Å². The molecule has 0 radical (unpaired) electrons. The number of H-pyrrole nitrogens is 1. The number of aryl methyl sites for hydroxylation is 1. The molecule has 0 atom stereocenters. The fourth-order valence-corrected chi connectivity index (χ4v) is 3.29. The van der Waals surface area contributed by atoms with Gasteiger partial charge in [0.25, 0.3) is 0 Å². The molecule has 0 saturated heterocycles. The van der Waals surface area contributed by atoms with Gasteiger partial charge in [-0.3, -0.25) is 4.40 Å². The number of imidazole rings is 1. The van der Waals surface area contributed by atoms with Gasteiger partial charge >= 0.3 is 5.69 Å². The third-order valence-electron chi connectivity index (χ3n) is 4.44. The van der Waals surface area contributed by atoms with E-state index in [1.807, 2.05) is 31.2 Å². The maximum atomic E-state index is 11.8. The lowest BCUT2D eigenvalue weighted by molar-refractivity contribution is 0.907. The van der Waals surface area contributed by atoms with Gasteiger partial charge in [-0.05, 0) is 12.5 Å². The molecule has 0 aliphatic heterocycles. The summed E-state index contributed by atoms with van der Waals surface area (Å²) in [7, 11) is 0. The number of pyridine rings is 1. The minimum Gasteiger partial charge on any atom is -0.283 e. The smallest absolute Gasteiger partial charge is 0.283 e. The minimum absolute atomic E-state index is 0.414. The Morgan fingerprint density at radius 1 is 1.12 bits per heavy atom. The van der Waals surface area contributed by atoms with Crippen molar-refractivity contribution in [3.8, 4) is 17.2 Å². The Kier molecular flexibility index (Phi) is 2.76. The van der Waals surface area contributed by atoms with Crippen LogP contribution in [0.4, 0.5) is 0 Å². The van der Waals surface area contributed by atoms with Crippen LogP contribution in [-0.4, -0.2) is 29.0 Å². The number of aromatic nitrogens is 6. The highest BCUT2D eigenvalue weighted by molar-refractivity contribution is 6.06. The standard InChI is InChI=1S/C18H11N7O/c1-10-2-4-11(5-3-10)13-12(8-19)15-20-6-7-24(15)16-14(13)17-22-18(26)23-25(17)9-21-16/h2-7,9H,1H3,(H,23,26). The van der Waals surface area contributed by atoms with Crippen LogP contribution in [0.25, 0.3) is 33.5 Å². The van der Waals surface area contributed by atoms with E-state index in [0.29, 0.717) is 33.5 Å². The maximum Gasteiger partial charge on any atom is 0.362 e. The molecular formula is C18H11N7O. The third kappa shape index (κ3) is 1.82. The van der Waals surface area contributed by atoms with Crippen molar-refractivity contribution in [3.05, 3.63) is 64.6 Å². The highest BCUT2D eigenvalue weighted by atomic mass is 16.1. The molecule has 0 bridgehead atoms. The first-order chi connectivity index (χ1) is 12.7. The highest BCUT2D eigenvalue weighted by Crippen LogP contribution is 2.35. The van der Waals surface area contributed by atoms with E-state index in [2.05, 4.69) is 26.1 Å². The number of hydrogen-bond acceptors (Lipinski definition) is 5. The molecule has 0 unspecified atom stereocenters. The Bertz CT molecular complexity index is 1410. The second-order valence-corrected chi connectivity index (χ2v) is 6.01. The Hall–Kier alpha value is -3.99. The first-order valence-corrected chi connectivity index (χ1v) is 7.90. The van der Waals surface area contributed by atoms with Crippen LogP contribution in [0.5, 0.6) is 0 Å². The topological polar surface area (TPSA) is 104 Å². The summed E-state index contributed by atoms with van der Waals surface area (Å²) >= 11 is 0. The van der Waals surface area contributed by atoms with Crippen LogP contribution in [0.2, 0.25) is 0 Å².